The predicted octanol–water partition coefficient (Wildman–Crippen LogP) is 1.81. The second kappa shape index (κ2) is 9.39. The number of hydrogen-bond acceptors (Lipinski definition) is 5. The fourth-order valence-corrected chi connectivity index (χ4v) is 3.98. The molecule has 2 saturated heterocycles. The molecule has 3 fully saturated rings. The molecule has 3 heterocycles. The molecule has 1 aliphatic carbocycles. The molecule has 176 valence electrons. The summed E-state index contributed by atoms with van der Waals surface area (Å²) in [6.45, 7) is 2.02. The number of hydrogen-bond donors (Lipinski definition) is 2. The number of nitrogens with one attached hydrogen (secondary N) is 1. The van der Waals surface area contributed by atoms with E-state index in [1.807, 2.05) is 0 Å². The van der Waals surface area contributed by atoms with Gasteiger partial charge in [0, 0.05) is 43.9 Å². The molecule has 0 spiro atoms. The Labute approximate surface area is 180 Å². The highest BCUT2D eigenvalue weighted by molar-refractivity contribution is 5.93. The summed E-state index contributed by atoms with van der Waals surface area (Å²) in [5, 5.41) is 10.0. The van der Waals surface area contributed by atoms with Gasteiger partial charge < -0.3 is 20.1 Å². The standard InChI is InChI=1S/C18H22FN3O3.C2HF3O2/c19-18(4-2-5-18)17(24)22-9-14-13(11-25-15(14)10-22)8-21-16(23)12-3-1-6-20-7-12;3-2(4,5)1(6)7/h1,3,6-7,13-15H,2,4-5,8-11H2,(H,21,23);(H,6,7)/t13-,14-,15-;/m1./s1. The van der Waals surface area contributed by atoms with Crippen LogP contribution in [0, 0.1) is 11.8 Å². The summed E-state index contributed by atoms with van der Waals surface area (Å²) < 4.78 is 51.9. The molecular weight excluding hydrogens is 438 g/mol. The van der Waals surface area contributed by atoms with Gasteiger partial charge in [0.2, 0.25) is 0 Å². The van der Waals surface area contributed by atoms with E-state index in [2.05, 4.69) is 10.3 Å². The lowest BCUT2D eigenvalue weighted by Gasteiger charge is -2.35. The summed E-state index contributed by atoms with van der Waals surface area (Å²) in [7, 11) is 0. The summed E-state index contributed by atoms with van der Waals surface area (Å²) in [5.41, 5.74) is -1.13. The highest BCUT2D eigenvalue weighted by Crippen LogP contribution is 2.40. The van der Waals surface area contributed by atoms with Crippen LogP contribution >= 0.6 is 0 Å². The Morgan fingerprint density at radius 2 is 1.97 bits per heavy atom. The maximum atomic E-state index is 14.4. The van der Waals surface area contributed by atoms with Gasteiger partial charge in [0.05, 0.1) is 18.3 Å². The zero-order valence-electron chi connectivity index (χ0n) is 17.0. The fourth-order valence-electron chi connectivity index (χ4n) is 3.98. The third-order valence-corrected chi connectivity index (χ3v) is 5.95. The number of carbonyl (C=O) groups is 3. The second-order valence-electron chi connectivity index (χ2n) is 8.08. The van der Waals surface area contributed by atoms with Crippen molar-refractivity contribution in [3.05, 3.63) is 30.1 Å². The van der Waals surface area contributed by atoms with Crippen molar-refractivity contribution in [3.63, 3.8) is 0 Å². The Morgan fingerprint density at radius 3 is 2.50 bits per heavy atom. The van der Waals surface area contributed by atoms with E-state index in [1.54, 1.807) is 23.2 Å². The van der Waals surface area contributed by atoms with E-state index >= 15 is 0 Å². The summed E-state index contributed by atoms with van der Waals surface area (Å²) in [5.74, 6) is -3.01. The van der Waals surface area contributed by atoms with Crippen LogP contribution < -0.4 is 5.32 Å². The molecule has 3 aliphatic rings. The molecule has 12 heteroatoms. The number of pyridine rings is 1. The molecule has 1 aromatic rings. The van der Waals surface area contributed by atoms with E-state index < -0.39 is 17.8 Å². The first kappa shape index (κ1) is 23.9. The average Bonchev–Trinajstić information content (AvgIpc) is 3.31. The van der Waals surface area contributed by atoms with Crippen molar-refractivity contribution in [3.8, 4) is 0 Å². The third kappa shape index (κ3) is 5.34. The van der Waals surface area contributed by atoms with Crippen LogP contribution in [0.2, 0.25) is 0 Å². The lowest BCUT2D eigenvalue weighted by atomic mass is 9.81. The highest BCUT2D eigenvalue weighted by Gasteiger charge is 2.52. The van der Waals surface area contributed by atoms with Crippen molar-refractivity contribution >= 4 is 17.8 Å². The number of amides is 2. The van der Waals surface area contributed by atoms with Crippen molar-refractivity contribution in [1.29, 1.82) is 0 Å². The van der Waals surface area contributed by atoms with Gasteiger partial charge >= 0.3 is 12.1 Å². The van der Waals surface area contributed by atoms with Gasteiger partial charge in [0.25, 0.3) is 11.8 Å². The van der Waals surface area contributed by atoms with E-state index in [0.29, 0.717) is 44.6 Å². The molecule has 4 rings (SSSR count). The smallest absolute Gasteiger partial charge is 0.475 e. The molecule has 2 N–H and O–H groups in total. The monoisotopic (exact) mass is 461 g/mol. The van der Waals surface area contributed by atoms with E-state index in [0.717, 1.165) is 6.42 Å². The normalized spacial score (nSPS) is 25.8. The van der Waals surface area contributed by atoms with Crippen molar-refractivity contribution in [1.82, 2.24) is 15.2 Å². The number of likely N-dealkylation sites (tertiary alicyclic amines) is 1. The third-order valence-electron chi connectivity index (χ3n) is 5.95. The minimum Gasteiger partial charge on any atom is -0.475 e. The number of rotatable bonds is 4. The molecule has 0 radical (unpaired) electrons. The first-order valence-electron chi connectivity index (χ1n) is 10.1. The molecule has 0 bridgehead atoms. The molecule has 0 aromatic carbocycles. The summed E-state index contributed by atoms with van der Waals surface area (Å²) in [6.07, 6.45) is -0.531. The Kier molecular flexibility index (Phi) is 7.01. The maximum Gasteiger partial charge on any atom is 0.490 e. The first-order valence-corrected chi connectivity index (χ1v) is 10.1. The number of carboxylic acid groups (broad SMARTS) is 1. The van der Waals surface area contributed by atoms with E-state index in [-0.39, 0.29) is 29.8 Å². The number of nitrogens with zero attached hydrogens (tertiary/aromatic N) is 2. The molecule has 1 saturated carbocycles. The lowest BCUT2D eigenvalue weighted by Crippen LogP contribution is -2.50. The Balaban J connectivity index is 0.000000360. The number of aromatic nitrogens is 1. The summed E-state index contributed by atoms with van der Waals surface area (Å²) in [4.78, 5) is 38.9. The molecule has 1 aromatic heterocycles. The molecular formula is C20H23F4N3O5. The van der Waals surface area contributed by atoms with Gasteiger partial charge in [-0.25, -0.2) is 9.18 Å². The topological polar surface area (TPSA) is 109 Å². The minimum atomic E-state index is -5.08. The first-order chi connectivity index (χ1) is 15.0. The number of aliphatic carboxylic acids is 1. The molecule has 8 nitrogen and oxygen atoms in total. The minimum absolute atomic E-state index is 0.0482. The second-order valence-corrected chi connectivity index (χ2v) is 8.08. The maximum absolute atomic E-state index is 14.4. The van der Waals surface area contributed by atoms with Crippen molar-refractivity contribution in [2.75, 3.05) is 26.2 Å². The van der Waals surface area contributed by atoms with Gasteiger partial charge in [-0.15, -0.1) is 0 Å². The summed E-state index contributed by atoms with van der Waals surface area (Å²) in [6, 6.07) is 3.43. The van der Waals surface area contributed by atoms with Gasteiger partial charge in [-0.05, 0) is 31.4 Å². The number of halogens is 4. The number of alkyl halides is 4. The van der Waals surface area contributed by atoms with Crippen molar-refractivity contribution in [2.45, 2.75) is 37.2 Å². The van der Waals surface area contributed by atoms with Crippen LogP contribution in [-0.4, -0.2) is 77.0 Å². The average molecular weight is 461 g/mol. The number of carbonyl (C=O) groups excluding carboxylic acids is 2. The van der Waals surface area contributed by atoms with Gasteiger partial charge in [-0.1, -0.05) is 0 Å². The van der Waals surface area contributed by atoms with Gasteiger partial charge in [0.15, 0.2) is 5.67 Å². The van der Waals surface area contributed by atoms with Crippen LogP contribution in [0.15, 0.2) is 24.5 Å². The Morgan fingerprint density at radius 1 is 1.28 bits per heavy atom. The van der Waals surface area contributed by atoms with E-state index in [1.165, 1.54) is 6.20 Å². The number of carboxylic acids is 1. The molecule has 0 unspecified atom stereocenters. The van der Waals surface area contributed by atoms with Crippen LogP contribution in [0.25, 0.3) is 0 Å². The zero-order valence-corrected chi connectivity index (χ0v) is 17.0. The van der Waals surface area contributed by atoms with E-state index in [4.69, 9.17) is 14.6 Å². The Hall–Kier alpha value is -2.76. The zero-order chi connectivity index (χ0) is 23.5. The van der Waals surface area contributed by atoms with E-state index in [9.17, 15) is 27.2 Å². The van der Waals surface area contributed by atoms with Crippen LogP contribution in [-0.2, 0) is 14.3 Å². The van der Waals surface area contributed by atoms with Crippen molar-refractivity contribution < 1.29 is 41.8 Å². The molecule has 3 atom stereocenters. The quantitative estimate of drug-likeness (QED) is 0.663. The van der Waals surface area contributed by atoms with Gasteiger partial charge in [-0.3, -0.25) is 14.6 Å². The Bertz CT molecular complexity index is 847. The molecule has 2 amide bonds. The molecule has 32 heavy (non-hydrogen) atoms. The van der Waals surface area contributed by atoms with Gasteiger partial charge in [-0.2, -0.15) is 13.2 Å². The van der Waals surface area contributed by atoms with Gasteiger partial charge in [0.1, 0.15) is 0 Å². The van der Waals surface area contributed by atoms with Crippen molar-refractivity contribution in [2.24, 2.45) is 11.8 Å². The largest absolute Gasteiger partial charge is 0.490 e. The lowest BCUT2D eigenvalue weighted by molar-refractivity contribution is -0.192. The fraction of sp³-hybridized carbons (Fsp3) is 0.600. The van der Waals surface area contributed by atoms with Crippen LogP contribution in [0.1, 0.15) is 29.6 Å². The predicted molar refractivity (Wildman–Crippen MR) is 101 cm³/mol. The highest BCUT2D eigenvalue weighted by atomic mass is 19.4. The number of ether oxygens (including phenoxy) is 1. The molecule has 2 aliphatic heterocycles. The van der Waals surface area contributed by atoms with Crippen LogP contribution in [0.5, 0.6) is 0 Å². The number of fused-ring (bicyclic) bond motifs is 1. The SMILES string of the molecule is O=C(NC[C@@H]1CO[C@@H]2CN(C(=O)C3(F)CCC3)C[C@H]12)c1cccnc1.O=C(O)C(F)(F)F. The van der Waals surface area contributed by atoms with Crippen LogP contribution in [0.3, 0.4) is 0 Å². The van der Waals surface area contributed by atoms with Crippen LogP contribution in [0.4, 0.5) is 17.6 Å². The summed E-state index contributed by atoms with van der Waals surface area (Å²) >= 11 is 0.